The molecule has 23 heavy (non-hydrogen) atoms. The van der Waals surface area contributed by atoms with Crippen molar-refractivity contribution in [2.75, 3.05) is 6.54 Å². The summed E-state index contributed by atoms with van der Waals surface area (Å²) in [5.41, 5.74) is 3.27. The number of nitrogens with zero attached hydrogens (tertiary/aromatic N) is 3. The summed E-state index contributed by atoms with van der Waals surface area (Å²) in [6.45, 7) is 2.33. The van der Waals surface area contributed by atoms with Gasteiger partial charge in [0.15, 0.2) is 0 Å². The van der Waals surface area contributed by atoms with Crippen LogP contribution in [0.5, 0.6) is 0 Å². The van der Waals surface area contributed by atoms with E-state index in [4.69, 9.17) is 0 Å². The minimum Gasteiger partial charge on any atom is -0.352 e. The molecule has 3 rings (SSSR count). The van der Waals surface area contributed by atoms with Crippen molar-refractivity contribution in [2.24, 2.45) is 0 Å². The minimum atomic E-state index is -0.150. The zero-order valence-electron chi connectivity index (χ0n) is 12.7. The molecule has 0 unspecified atom stereocenters. The summed E-state index contributed by atoms with van der Waals surface area (Å²) >= 11 is 1.61. The molecule has 6 heteroatoms. The van der Waals surface area contributed by atoms with Gasteiger partial charge in [-0.1, -0.05) is 30.3 Å². The Balaban J connectivity index is 1.56. The van der Waals surface area contributed by atoms with Gasteiger partial charge >= 0.3 is 0 Å². The van der Waals surface area contributed by atoms with Crippen molar-refractivity contribution in [2.45, 2.75) is 13.3 Å². The highest BCUT2D eigenvalue weighted by molar-refractivity contribution is 7.09. The standard InChI is InChI=1S/C17H16N4OS/c1-12-14(9-18-11-20-12)17(22)19-8-7-16-21-15(10-23-16)13-5-3-2-4-6-13/h2-6,9-11H,7-8H2,1H3,(H,19,22). The van der Waals surface area contributed by atoms with Gasteiger partial charge in [0.25, 0.3) is 5.91 Å². The van der Waals surface area contributed by atoms with E-state index in [1.54, 1.807) is 18.3 Å². The molecule has 1 N–H and O–H groups in total. The van der Waals surface area contributed by atoms with Crippen LogP contribution < -0.4 is 5.32 Å². The molecule has 0 bridgehead atoms. The fourth-order valence-electron chi connectivity index (χ4n) is 2.16. The summed E-state index contributed by atoms with van der Waals surface area (Å²) in [7, 11) is 0. The molecule has 2 aromatic heterocycles. The molecule has 0 aliphatic rings. The van der Waals surface area contributed by atoms with Crippen LogP contribution in [0, 0.1) is 6.92 Å². The van der Waals surface area contributed by atoms with E-state index in [-0.39, 0.29) is 5.91 Å². The van der Waals surface area contributed by atoms with E-state index in [1.165, 1.54) is 12.5 Å². The van der Waals surface area contributed by atoms with Gasteiger partial charge in [-0.25, -0.2) is 15.0 Å². The van der Waals surface area contributed by atoms with Crippen LogP contribution in [0.25, 0.3) is 11.3 Å². The number of aromatic nitrogens is 3. The Morgan fingerprint density at radius 3 is 2.87 bits per heavy atom. The maximum atomic E-state index is 12.1. The first-order valence-corrected chi connectivity index (χ1v) is 8.16. The molecule has 0 radical (unpaired) electrons. The first-order valence-electron chi connectivity index (χ1n) is 7.28. The molecule has 0 saturated carbocycles. The van der Waals surface area contributed by atoms with Crippen molar-refractivity contribution in [1.82, 2.24) is 20.3 Å². The summed E-state index contributed by atoms with van der Waals surface area (Å²) in [5, 5.41) is 5.93. The maximum absolute atomic E-state index is 12.1. The average Bonchev–Trinajstić information content (AvgIpc) is 3.05. The van der Waals surface area contributed by atoms with E-state index < -0.39 is 0 Å². The zero-order valence-corrected chi connectivity index (χ0v) is 13.5. The van der Waals surface area contributed by atoms with Gasteiger partial charge in [0, 0.05) is 30.1 Å². The summed E-state index contributed by atoms with van der Waals surface area (Å²) in [6.07, 6.45) is 3.68. The van der Waals surface area contributed by atoms with Gasteiger partial charge < -0.3 is 5.32 Å². The Morgan fingerprint density at radius 2 is 2.09 bits per heavy atom. The van der Waals surface area contributed by atoms with Crippen molar-refractivity contribution in [3.8, 4) is 11.3 Å². The first kappa shape index (κ1) is 15.3. The van der Waals surface area contributed by atoms with Gasteiger partial charge in [0.05, 0.1) is 22.0 Å². The maximum Gasteiger partial charge on any atom is 0.254 e. The third-order valence-electron chi connectivity index (χ3n) is 3.40. The number of hydrogen-bond acceptors (Lipinski definition) is 5. The van der Waals surface area contributed by atoms with E-state index in [1.807, 2.05) is 35.7 Å². The highest BCUT2D eigenvalue weighted by Gasteiger charge is 2.10. The number of nitrogens with one attached hydrogen (secondary N) is 1. The molecule has 116 valence electrons. The Bertz CT molecular complexity index is 801. The SMILES string of the molecule is Cc1ncncc1C(=O)NCCc1nc(-c2ccccc2)cs1. The topological polar surface area (TPSA) is 67.8 Å². The smallest absolute Gasteiger partial charge is 0.254 e. The average molecular weight is 324 g/mol. The van der Waals surface area contributed by atoms with Gasteiger partial charge in [-0.2, -0.15) is 0 Å². The summed E-state index contributed by atoms with van der Waals surface area (Å²) in [6, 6.07) is 10.1. The van der Waals surface area contributed by atoms with Crippen LogP contribution in [0.2, 0.25) is 0 Å². The van der Waals surface area contributed by atoms with Crippen molar-refractivity contribution in [1.29, 1.82) is 0 Å². The predicted octanol–water partition coefficient (Wildman–Crippen LogP) is 2.88. The number of amides is 1. The van der Waals surface area contributed by atoms with E-state index in [0.29, 0.717) is 24.2 Å². The van der Waals surface area contributed by atoms with Crippen LogP contribution >= 0.6 is 11.3 Å². The van der Waals surface area contributed by atoms with Crippen LogP contribution in [0.3, 0.4) is 0 Å². The Morgan fingerprint density at radius 1 is 1.26 bits per heavy atom. The summed E-state index contributed by atoms with van der Waals surface area (Å²) in [4.78, 5) is 24.6. The minimum absolute atomic E-state index is 0.150. The van der Waals surface area contributed by atoms with Gasteiger partial charge in [-0.05, 0) is 6.92 Å². The lowest BCUT2D eigenvalue weighted by atomic mass is 10.2. The second kappa shape index (κ2) is 7.11. The van der Waals surface area contributed by atoms with Crippen molar-refractivity contribution >= 4 is 17.2 Å². The molecular formula is C17H16N4OS. The van der Waals surface area contributed by atoms with E-state index >= 15 is 0 Å². The molecule has 1 aromatic carbocycles. The van der Waals surface area contributed by atoms with Crippen molar-refractivity contribution in [3.63, 3.8) is 0 Å². The molecule has 3 aromatic rings. The second-order valence-corrected chi connectivity index (χ2v) is 5.96. The molecule has 0 aliphatic heterocycles. The van der Waals surface area contributed by atoms with Crippen molar-refractivity contribution in [3.05, 3.63) is 64.5 Å². The number of carbonyl (C=O) groups excluding carboxylic acids is 1. The zero-order chi connectivity index (χ0) is 16.1. The number of carbonyl (C=O) groups is 1. The Kier molecular flexibility index (Phi) is 4.73. The fraction of sp³-hybridized carbons (Fsp3) is 0.176. The normalized spacial score (nSPS) is 10.5. The number of hydrogen-bond donors (Lipinski definition) is 1. The van der Waals surface area contributed by atoms with Crippen molar-refractivity contribution < 1.29 is 4.79 Å². The van der Waals surface area contributed by atoms with Gasteiger partial charge in [-0.3, -0.25) is 4.79 Å². The third-order valence-corrected chi connectivity index (χ3v) is 4.31. The number of thiazole rings is 1. The fourth-order valence-corrected chi connectivity index (χ4v) is 2.97. The second-order valence-electron chi connectivity index (χ2n) is 5.02. The number of rotatable bonds is 5. The molecule has 0 saturated heterocycles. The van der Waals surface area contributed by atoms with Crippen LogP contribution in [-0.2, 0) is 6.42 Å². The van der Waals surface area contributed by atoms with Crippen LogP contribution in [0.4, 0.5) is 0 Å². The lowest BCUT2D eigenvalue weighted by Gasteiger charge is -2.05. The highest BCUT2D eigenvalue weighted by atomic mass is 32.1. The summed E-state index contributed by atoms with van der Waals surface area (Å²) in [5.74, 6) is -0.150. The number of benzene rings is 1. The molecule has 0 spiro atoms. The van der Waals surface area contributed by atoms with Crippen LogP contribution in [-0.4, -0.2) is 27.4 Å². The summed E-state index contributed by atoms with van der Waals surface area (Å²) < 4.78 is 0. The molecule has 0 aliphatic carbocycles. The highest BCUT2D eigenvalue weighted by Crippen LogP contribution is 2.21. The molecule has 5 nitrogen and oxygen atoms in total. The molecule has 2 heterocycles. The Hall–Kier alpha value is -2.60. The third kappa shape index (κ3) is 3.78. The largest absolute Gasteiger partial charge is 0.352 e. The van der Waals surface area contributed by atoms with Gasteiger partial charge in [0.2, 0.25) is 0 Å². The predicted molar refractivity (Wildman–Crippen MR) is 90.4 cm³/mol. The lowest BCUT2D eigenvalue weighted by molar-refractivity contribution is 0.0952. The van der Waals surface area contributed by atoms with Gasteiger partial charge in [-0.15, -0.1) is 11.3 Å². The quantitative estimate of drug-likeness (QED) is 0.783. The molecule has 0 atom stereocenters. The van der Waals surface area contributed by atoms with Crippen LogP contribution in [0.15, 0.2) is 48.2 Å². The van der Waals surface area contributed by atoms with E-state index in [9.17, 15) is 4.79 Å². The molecular weight excluding hydrogens is 308 g/mol. The Labute approximate surface area is 138 Å². The van der Waals surface area contributed by atoms with E-state index in [0.717, 1.165) is 16.3 Å². The monoisotopic (exact) mass is 324 g/mol. The van der Waals surface area contributed by atoms with E-state index in [2.05, 4.69) is 20.3 Å². The van der Waals surface area contributed by atoms with Gasteiger partial charge in [0.1, 0.15) is 6.33 Å². The van der Waals surface area contributed by atoms with Crippen LogP contribution in [0.1, 0.15) is 21.1 Å². The lowest BCUT2D eigenvalue weighted by Crippen LogP contribution is -2.26. The number of aryl methyl sites for hydroxylation is 1. The first-order chi connectivity index (χ1) is 11.2. The molecule has 1 amide bonds. The molecule has 0 fully saturated rings.